The quantitative estimate of drug-likeness (QED) is 0.434. The average molecular weight is 221 g/mol. The molecule has 0 saturated carbocycles. The minimum absolute atomic E-state index is 0.162. The molecule has 0 radical (unpaired) electrons. The molecule has 0 aliphatic heterocycles. The first-order valence-corrected chi connectivity index (χ1v) is 5.03. The van der Waals surface area contributed by atoms with Crippen LogP contribution in [0.5, 0.6) is 11.5 Å². The maximum atomic E-state index is 8.46. The zero-order chi connectivity index (χ0) is 12.0. The van der Waals surface area contributed by atoms with Crippen LogP contribution in [0.4, 0.5) is 0 Å². The van der Waals surface area contributed by atoms with Crippen molar-refractivity contribution in [1.29, 1.82) is 0 Å². The number of azide groups is 1. The Morgan fingerprint density at radius 3 is 2.50 bits per heavy atom. The van der Waals surface area contributed by atoms with Gasteiger partial charge in [-0.05, 0) is 29.6 Å². The number of methoxy groups -OCH3 is 2. The van der Waals surface area contributed by atoms with Gasteiger partial charge in [0, 0.05) is 4.91 Å². The molecule has 16 heavy (non-hydrogen) atoms. The van der Waals surface area contributed by atoms with Crippen molar-refractivity contribution < 1.29 is 9.47 Å². The van der Waals surface area contributed by atoms with Crippen molar-refractivity contribution >= 4 is 0 Å². The second-order valence-electron chi connectivity index (χ2n) is 3.24. The molecule has 86 valence electrons. The molecular formula is C11H15N3O2. The summed E-state index contributed by atoms with van der Waals surface area (Å²) in [5.74, 6) is 1.31. The molecule has 0 aromatic heterocycles. The molecule has 0 unspecified atom stereocenters. The highest BCUT2D eigenvalue weighted by Crippen LogP contribution is 2.32. The van der Waals surface area contributed by atoms with E-state index in [2.05, 4.69) is 10.0 Å². The Balaban J connectivity index is 3.10. The third-order valence-electron chi connectivity index (χ3n) is 2.37. The van der Waals surface area contributed by atoms with Gasteiger partial charge in [-0.25, -0.2) is 0 Å². The Hall–Kier alpha value is -1.87. The fraction of sp³-hybridized carbons (Fsp3) is 0.455. The van der Waals surface area contributed by atoms with E-state index in [9.17, 15) is 0 Å². The van der Waals surface area contributed by atoms with Gasteiger partial charge >= 0.3 is 0 Å². The van der Waals surface area contributed by atoms with Crippen molar-refractivity contribution in [1.82, 2.24) is 0 Å². The lowest BCUT2D eigenvalue weighted by atomic mass is 10.0. The van der Waals surface area contributed by atoms with E-state index >= 15 is 0 Å². The zero-order valence-electron chi connectivity index (χ0n) is 9.67. The molecule has 1 atom stereocenters. The number of ether oxygens (including phenoxy) is 2. The normalized spacial score (nSPS) is 11.4. The first-order valence-electron chi connectivity index (χ1n) is 5.03. The molecule has 5 nitrogen and oxygen atoms in total. The molecule has 0 amide bonds. The lowest BCUT2D eigenvalue weighted by molar-refractivity contribution is 0.354. The van der Waals surface area contributed by atoms with Gasteiger partial charge in [0.1, 0.15) is 0 Å². The number of hydrogen-bond donors (Lipinski definition) is 0. The Morgan fingerprint density at radius 1 is 1.31 bits per heavy atom. The van der Waals surface area contributed by atoms with Gasteiger partial charge < -0.3 is 9.47 Å². The first kappa shape index (κ1) is 12.2. The largest absolute Gasteiger partial charge is 0.493 e. The fourth-order valence-corrected chi connectivity index (χ4v) is 1.51. The van der Waals surface area contributed by atoms with Gasteiger partial charge in [-0.3, -0.25) is 0 Å². The van der Waals surface area contributed by atoms with Crippen LogP contribution in [0, 0.1) is 0 Å². The van der Waals surface area contributed by atoms with Gasteiger partial charge in [0.25, 0.3) is 0 Å². The van der Waals surface area contributed by atoms with Crippen LogP contribution in [0.2, 0.25) is 0 Å². The van der Waals surface area contributed by atoms with E-state index < -0.39 is 0 Å². The minimum Gasteiger partial charge on any atom is -0.493 e. The van der Waals surface area contributed by atoms with Gasteiger partial charge in [-0.2, -0.15) is 0 Å². The summed E-state index contributed by atoms with van der Waals surface area (Å²) in [6.07, 6.45) is 0.750. The highest BCUT2D eigenvalue weighted by atomic mass is 16.5. The van der Waals surface area contributed by atoms with Crippen LogP contribution in [0.3, 0.4) is 0 Å². The summed E-state index contributed by atoms with van der Waals surface area (Å²) in [6.45, 7) is 1.97. The second-order valence-corrected chi connectivity index (χ2v) is 3.24. The van der Waals surface area contributed by atoms with Crippen molar-refractivity contribution in [3.8, 4) is 11.5 Å². The van der Waals surface area contributed by atoms with Crippen LogP contribution in [0.15, 0.2) is 23.3 Å². The van der Waals surface area contributed by atoms with Crippen LogP contribution in [0.25, 0.3) is 10.4 Å². The van der Waals surface area contributed by atoms with E-state index in [1.54, 1.807) is 14.2 Å². The van der Waals surface area contributed by atoms with Crippen LogP contribution >= 0.6 is 0 Å². The van der Waals surface area contributed by atoms with E-state index in [0.717, 1.165) is 12.0 Å². The van der Waals surface area contributed by atoms with Gasteiger partial charge in [0.2, 0.25) is 0 Å². The standard InChI is InChI=1S/C11H15N3O2/c1-4-9(13-14-12)8-5-6-10(15-2)11(7-8)16-3/h5-7,9H,4H2,1-3H3/t9-/m1/s1. The van der Waals surface area contributed by atoms with Gasteiger partial charge in [-0.15, -0.1) is 0 Å². The summed E-state index contributed by atoms with van der Waals surface area (Å²) in [7, 11) is 3.17. The summed E-state index contributed by atoms with van der Waals surface area (Å²) in [5.41, 5.74) is 9.39. The van der Waals surface area contributed by atoms with Gasteiger partial charge in [-0.1, -0.05) is 18.1 Å². The molecule has 0 N–H and O–H groups in total. The maximum absolute atomic E-state index is 8.46. The van der Waals surface area contributed by atoms with E-state index in [1.807, 2.05) is 25.1 Å². The average Bonchev–Trinajstić information content (AvgIpc) is 2.35. The molecule has 5 heteroatoms. The predicted octanol–water partition coefficient (Wildman–Crippen LogP) is 3.47. The smallest absolute Gasteiger partial charge is 0.160 e. The SMILES string of the molecule is CC[C@@H](N=[N+]=[N-])c1ccc(OC)c(OC)c1. The molecule has 0 fully saturated rings. The van der Waals surface area contributed by atoms with Crippen molar-refractivity contribution in [2.24, 2.45) is 5.11 Å². The predicted molar refractivity (Wildman–Crippen MR) is 61.7 cm³/mol. The summed E-state index contributed by atoms with van der Waals surface area (Å²) < 4.78 is 10.3. The molecule has 0 spiro atoms. The molecule has 0 aliphatic rings. The zero-order valence-corrected chi connectivity index (χ0v) is 9.67. The Kier molecular flexibility index (Phi) is 4.48. The molecule has 1 aromatic rings. The van der Waals surface area contributed by atoms with Gasteiger partial charge in [0.15, 0.2) is 11.5 Å². The molecule has 0 heterocycles. The first-order chi connectivity index (χ1) is 7.76. The van der Waals surface area contributed by atoms with Crippen molar-refractivity contribution in [3.63, 3.8) is 0 Å². The monoisotopic (exact) mass is 221 g/mol. The van der Waals surface area contributed by atoms with Gasteiger partial charge in [0.05, 0.1) is 20.3 Å². The van der Waals surface area contributed by atoms with Crippen LogP contribution in [-0.4, -0.2) is 14.2 Å². The lowest BCUT2D eigenvalue weighted by Gasteiger charge is -2.12. The molecule has 0 bridgehead atoms. The van der Waals surface area contributed by atoms with E-state index in [-0.39, 0.29) is 6.04 Å². The molecule has 1 rings (SSSR count). The summed E-state index contributed by atoms with van der Waals surface area (Å²) >= 11 is 0. The molecule has 0 saturated heterocycles. The summed E-state index contributed by atoms with van der Waals surface area (Å²) in [4.78, 5) is 2.83. The van der Waals surface area contributed by atoms with Crippen molar-refractivity contribution in [2.45, 2.75) is 19.4 Å². The Bertz CT molecular complexity index is 400. The fourth-order valence-electron chi connectivity index (χ4n) is 1.51. The third-order valence-corrected chi connectivity index (χ3v) is 2.37. The molecule has 0 aliphatic carbocycles. The van der Waals surface area contributed by atoms with Crippen molar-refractivity contribution in [3.05, 3.63) is 34.2 Å². The minimum atomic E-state index is -0.162. The molecular weight excluding hydrogens is 206 g/mol. The number of hydrogen-bond acceptors (Lipinski definition) is 3. The van der Waals surface area contributed by atoms with E-state index in [0.29, 0.717) is 11.5 Å². The maximum Gasteiger partial charge on any atom is 0.160 e. The second kappa shape index (κ2) is 5.88. The Morgan fingerprint density at radius 2 is 2.00 bits per heavy atom. The third kappa shape index (κ3) is 2.58. The van der Waals surface area contributed by atoms with Crippen molar-refractivity contribution in [2.75, 3.05) is 14.2 Å². The highest BCUT2D eigenvalue weighted by Gasteiger charge is 2.10. The highest BCUT2D eigenvalue weighted by molar-refractivity contribution is 5.43. The van der Waals surface area contributed by atoms with E-state index in [4.69, 9.17) is 15.0 Å². The Labute approximate surface area is 94.6 Å². The van der Waals surface area contributed by atoms with E-state index in [1.165, 1.54) is 0 Å². The number of benzene rings is 1. The number of nitrogens with zero attached hydrogens (tertiary/aromatic N) is 3. The number of rotatable bonds is 5. The molecule has 1 aromatic carbocycles. The summed E-state index contributed by atoms with van der Waals surface area (Å²) in [5, 5.41) is 3.73. The van der Waals surface area contributed by atoms with Crippen LogP contribution < -0.4 is 9.47 Å². The summed E-state index contributed by atoms with van der Waals surface area (Å²) in [6, 6.07) is 5.36. The van der Waals surface area contributed by atoms with Crippen LogP contribution in [0.1, 0.15) is 24.9 Å². The lowest BCUT2D eigenvalue weighted by Crippen LogP contribution is -1.96. The topological polar surface area (TPSA) is 67.2 Å². The van der Waals surface area contributed by atoms with Crippen LogP contribution in [-0.2, 0) is 0 Å².